The highest BCUT2D eigenvalue weighted by Gasteiger charge is 2.12. The third kappa shape index (κ3) is 2.70. The summed E-state index contributed by atoms with van der Waals surface area (Å²) in [5, 5.41) is 12.6. The average Bonchev–Trinajstić information content (AvgIpc) is 2.46. The van der Waals surface area contributed by atoms with Crippen LogP contribution >= 0.6 is 0 Å². The van der Waals surface area contributed by atoms with Crippen molar-refractivity contribution in [1.29, 1.82) is 5.26 Å². The van der Waals surface area contributed by atoms with Crippen LogP contribution in [0.2, 0.25) is 0 Å². The van der Waals surface area contributed by atoms with Crippen molar-refractivity contribution in [2.24, 2.45) is 0 Å². The Bertz CT molecular complexity index is 541. The third-order valence-corrected chi connectivity index (χ3v) is 2.96. The van der Waals surface area contributed by atoms with Crippen molar-refractivity contribution in [2.75, 3.05) is 5.32 Å². The zero-order valence-corrected chi connectivity index (χ0v) is 10.4. The van der Waals surface area contributed by atoms with Gasteiger partial charge in [0.25, 0.3) is 0 Å². The SMILES string of the molecule is CCc1ccccc1C(C#N)Nc1ccccc1. The van der Waals surface area contributed by atoms with Crippen LogP contribution in [0.3, 0.4) is 0 Å². The summed E-state index contributed by atoms with van der Waals surface area (Å²) in [5.41, 5.74) is 3.24. The van der Waals surface area contributed by atoms with E-state index < -0.39 is 0 Å². The van der Waals surface area contributed by atoms with E-state index in [1.54, 1.807) is 0 Å². The van der Waals surface area contributed by atoms with Crippen molar-refractivity contribution in [2.45, 2.75) is 19.4 Å². The van der Waals surface area contributed by atoms with Crippen LogP contribution in [0.5, 0.6) is 0 Å². The second-order valence-electron chi connectivity index (χ2n) is 4.12. The van der Waals surface area contributed by atoms with Gasteiger partial charge in [-0.15, -0.1) is 0 Å². The number of aryl methyl sites for hydroxylation is 1. The highest BCUT2D eigenvalue weighted by Crippen LogP contribution is 2.22. The van der Waals surface area contributed by atoms with E-state index in [0.29, 0.717) is 0 Å². The Hall–Kier alpha value is -2.27. The minimum absolute atomic E-state index is 0.302. The van der Waals surface area contributed by atoms with E-state index in [-0.39, 0.29) is 6.04 Å². The Labute approximate surface area is 108 Å². The van der Waals surface area contributed by atoms with Gasteiger partial charge in [0.2, 0.25) is 0 Å². The van der Waals surface area contributed by atoms with Gasteiger partial charge in [0, 0.05) is 5.69 Å². The summed E-state index contributed by atoms with van der Waals surface area (Å²) in [6.07, 6.45) is 0.935. The van der Waals surface area contributed by atoms with Crippen LogP contribution in [0.1, 0.15) is 24.1 Å². The first kappa shape index (κ1) is 12.2. The molecule has 18 heavy (non-hydrogen) atoms. The predicted molar refractivity (Wildman–Crippen MR) is 74.2 cm³/mol. The van der Waals surface area contributed by atoms with Crippen LogP contribution in [0.25, 0.3) is 0 Å². The first-order chi connectivity index (χ1) is 8.85. The van der Waals surface area contributed by atoms with E-state index in [1.807, 2.05) is 48.5 Å². The maximum absolute atomic E-state index is 9.35. The van der Waals surface area contributed by atoms with Crippen molar-refractivity contribution in [3.05, 3.63) is 65.7 Å². The second kappa shape index (κ2) is 5.88. The molecular formula is C16H16N2. The van der Waals surface area contributed by atoms with E-state index in [0.717, 1.165) is 17.7 Å². The fourth-order valence-electron chi connectivity index (χ4n) is 2.02. The molecule has 1 atom stereocenters. The topological polar surface area (TPSA) is 35.8 Å². The monoisotopic (exact) mass is 236 g/mol. The fraction of sp³-hybridized carbons (Fsp3) is 0.188. The Balaban J connectivity index is 2.27. The van der Waals surface area contributed by atoms with Gasteiger partial charge < -0.3 is 5.32 Å². The highest BCUT2D eigenvalue weighted by molar-refractivity contribution is 5.48. The molecule has 2 aromatic carbocycles. The first-order valence-corrected chi connectivity index (χ1v) is 6.14. The van der Waals surface area contributed by atoms with E-state index >= 15 is 0 Å². The molecule has 2 heteroatoms. The largest absolute Gasteiger partial charge is 0.366 e. The van der Waals surface area contributed by atoms with Crippen LogP contribution in [-0.2, 0) is 6.42 Å². The van der Waals surface area contributed by atoms with Crippen molar-refractivity contribution in [3.8, 4) is 6.07 Å². The molecule has 2 rings (SSSR count). The summed E-state index contributed by atoms with van der Waals surface area (Å²) >= 11 is 0. The Morgan fingerprint density at radius 1 is 1.06 bits per heavy atom. The number of para-hydroxylation sites is 1. The molecule has 0 amide bonds. The summed E-state index contributed by atoms with van der Waals surface area (Å²) in [6.45, 7) is 2.11. The minimum Gasteiger partial charge on any atom is -0.366 e. The fourth-order valence-corrected chi connectivity index (χ4v) is 2.02. The van der Waals surface area contributed by atoms with E-state index in [4.69, 9.17) is 0 Å². The average molecular weight is 236 g/mol. The van der Waals surface area contributed by atoms with Crippen molar-refractivity contribution >= 4 is 5.69 Å². The van der Waals surface area contributed by atoms with Gasteiger partial charge in [-0.3, -0.25) is 0 Å². The molecule has 2 aromatic rings. The molecule has 1 unspecified atom stereocenters. The number of nitrogens with one attached hydrogen (secondary N) is 1. The van der Waals surface area contributed by atoms with Gasteiger partial charge >= 0.3 is 0 Å². The van der Waals surface area contributed by atoms with Crippen molar-refractivity contribution in [1.82, 2.24) is 0 Å². The van der Waals surface area contributed by atoms with Gasteiger partial charge in [-0.2, -0.15) is 5.26 Å². The molecule has 90 valence electrons. The predicted octanol–water partition coefficient (Wildman–Crippen LogP) is 3.93. The molecule has 1 N–H and O–H groups in total. The molecule has 0 aliphatic carbocycles. The molecule has 2 nitrogen and oxygen atoms in total. The lowest BCUT2D eigenvalue weighted by atomic mass is 9.99. The number of nitriles is 1. The summed E-state index contributed by atoms with van der Waals surface area (Å²) in [5.74, 6) is 0. The zero-order chi connectivity index (χ0) is 12.8. The first-order valence-electron chi connectivity index (χ1n) is 6.14. The standard InChI is InChI=1S/C16H16N2/c1-2-13-8-6-7-11-15(13)16(12-17)18-14-9-4-3-5-10-14/h3-11,16,18H,2H2,1H3. The quantitative estimate of drug-likeness (QED) is 0.873. The second-order valence-corrected chi connectivity index (χ2v) is 4.12. The number of hydrogen-bond donors (Lipinski definition) is 1. The number of rotatable bonds is 4. The van der Waals surface area contributed by atoms with Gasteiger partial charge in [-0.05, 0) is 29.7 Å². The molecule has 0 spiro atoms. The maximum atomic E-state index is 9.35. The highest BCUT2D eigenvalue weighted by atomic mass is 14.9. The molecule has 0 aliphatic heterocycles. The molecule has 0 saturated heterocycles. The Kier molecular flexibility index (Phi) is 3.98. The zero-order valence-electron chi connectivity index (χ0n) is 10.4. The molecule has 0 heterocycles. The van der Waals surface area contributed by atoms with Gasteiger partial charge in [0.05, 0.1) is 6.07 Å². The van der Waals surface area contributed by atoms with Gasteiger partial charge in [-0.25, -0.2) is 0 Å². The number of nitrogens with zero attached hydrogens (tertiary/aromatic N) is 1. The number of anilines is 1. The number of benzene rings is 2. The van der Waals surface area contributed by atoms with E-state index in [9.17, 15) is 5.26 Å². The van der Waals surface area contributed by atoms with Crippen molar-refractivity contribution in [3.63, 3.8) is 0 Å². The van der Waals surface area contributed by atoms with Crippen LogP contribution < -0.4 is 5.32 Å². The molecular weight excluding hydrogens is 220 g/mol. The smallest absolute Gasteiger partial charge is 0.140 e. The molecule has 0 aromatic heterocycles. The lowest BCUT2D eigenvalue weighted by Gasteiger charge is -2.16. The molecule has 0 saturated carbocycles. The van der Waals surface area contributed by atoms with Gasteiger partial charge in [-0.1, -0.05) is 49.4 Å². The molecule has 0 bridgehead atoms. The Morgan fingerprint density at radius 2 is 1.72 bits per heavy atom. The van der Waals surface area contributed by atoms with Crippen LogP contribution in [-0.4, -0.2) is 0 Å². The van der Waals surface area contributed by atoms with Crippen molar-refractivity contribution < 1.29 is 0 Å². The van der Waals surface area contributed by atoms with Crippen LogP contribution in [0, 0.1) is 11.3 Å². The summed E-state index contributed by atoms with van der Waals surface area (Å²) in [7, 11) is 0. The normalized spacial score (nSPS) is 11.6. The van der Waals surface area contributed by atoms with Gasteiger partial charge in [0.15, 0.2) is 0 Å². The summed E-state index contributed by atoms with van der Waals surface area (Å²) in [6, 6.07) is 19.9. The van der Waals surface area contributed by atoms with Crippen LogP contribution in [0.4, 0.5) is 5.69 Å². The molecule has 0 aliphatic rings. The van der Waals surface area contributed by atoms with E-state index in [1.165, 1.54) is 5.56 Å². The third-order valence-electron chi connectivity index (χ3n) is 2.96. The number of hydrogen-bond acceptors (Lipinski definition) is 2. The maximum Gasteiger partial charge on any atom is 0.140 e. The summed E-state index contributed by atoms with van der Waals surface area (Å²) < 4.78 is 0. The lowest BCUT2D eigenvalue weighted by Crippen LogP contribution is -2.10. The van der Waals surface area contributed by atoms with Crippen LogP contribution in [0.15, 0.2) is 54.6 Å². The molecule has 0 fully saturated rings. The molecule has 0 radical (unpaired) electrons. The minimum atomic E-state index is -0.302. The summed E-state index contributed by atoms with van der Waals surface area (Å²) in [4.78, 5) is 0. The lowest BCUT2D eigenvalue weighted by molar-refractivity contribution is 0.954. The van der Waals surface area contributed by atoms with E-state index in [2.05, 4.69) is 24.4 Å². The van der Waals surface area contributed by atoms with Gasteiger partial charge in [0.1, 0.15) is 6.04 Å². The Morgan fingerprint density at radius 3 is 2.39 bits per heavy atom.